The van der Waals surface area contributed by atoms with Crippen molar-refractivity contribution in [2.45, 2.75) is 6.92 Å². The standard InChI is InChI=1S/C13H10FNO/c1-9-4-12(14)2-3-13(9)11-5-10(8-16)6-15-7-11/h2-8H,1H3. The second kappa shape index (κ2) is 4.23. The fraction of sp³-hybridized carbons (Fsp3) is 0.0769. The molecule has 3 heteroatoms. The first-order chi connectivity index (χ1) is 7.70. The van der Waals surface area contributed by atoms with Gasteiger partial charge in [0.05, 0.1) is 0 Å². The Balaban J connectivity index is 2.53. The van der Waals surface area contributed by atoms with E-state index in [2.05, 4.69) is 4.98 Å². The van der Waals surface area contributed by atoms with Crippen molar-refractivity contribution in [3.05, 3.63) is 53.6 Å². The van der Waals surface area contributed by atoms with Crippen molar-refractivity contribution in [3.63, 3.8) is 0 Å². The number of aldehydes is 1. The van der Waals surface area contributed by atoms with Crippen LogP contribution in [0.4, 0.5) is 4.39 Å². The SMILES string of the molecule is Cc1cc(F)ccc1-c1cncc(C=O)c1. The number of halogens is 1. The average Bonchev–Trinajstić information content (AvgIpc) is 2.29. The third-order valence-electron chi connectivity index (χ3n) is 2.39. The van der Waals surface area contributed by atoms with E-state index in [0.29, 0.717) is 5.56 Å². The maximum Gasteiger partial charge on any atom is 0.151 e. The smallest absolute Gasteiger partial charge is 0.151 e. The number of carbonyl (C=O) groups excluding carboxylic acids is 1. The van der Waals surface area contributed by atoms with Crippen LogP contribution in [0.2, 0.25) is 0 Å². The van der Waals surface area contributed by atoms with Gasteiger partial charge in [0.1, 0.15) is 5.82 Å². The van der Waals surface area contributed by atoms with E-state index in [0.717, 1.165) is 23.0 Å². The summed E-state index contributed by atoms with van der Waals surface area (Å²) in [4.78, 5) is 14.6. The Bertz CT molecular complexity index is 537. The van der Waals surface area contributed by atoms with Crippen LogP contribution in [-0.2, 0) is 0 Å². The Morgan fingerprint density at radius 1 is 1.25 bits per heavy atom. The second-order valence-corrected chi connectivity index (χ2v) is 3.58. The van der Waals surface area contributed by atoms with E-state index in [9.17, 15) is 9.18 Å². The maximum atomic E-state index is 12.9. The predicted octanol–water partition coefficient (Wildman–Crippen LogP) is 3.01. The lowest BCUT2D eigenvalue weighted by Gasteiger charge is -2.05. The van der Waals surface area contributed by atoms with Crippen LogP contribution < -0.4 is 0 Å². The molecule has 0 bridgehead atoms. The third kappa shape index (κ3) is 1.98. The lowest BCUT2D eigenvalue weighted by molar-refractivity contribution is 0.112. The van der Waals surface area contributed by atoms with E-state index in [-0.39, 0.29) is 5.82 Å². The molecule has 0 fully saturated rings. The van der Waals surface area contributed by atoms with Crippen molar-refractivity contribution in [2.24, 2.45) is 0 Å². The second-order valence-electron chi connectivity index (χ2n) is 3.58. The third-order valence-corrected chi connectivity index (χ3v) is 2.39. The molecule has 1 aromatic carbocycles. The van der Waals surface area contributed by atoms with Crippen molar-refractivity contribution >= 4 is 6.29 Å². The average molecular weight is 215 g/mol. The van der Waals surface area contributed by atoms with E-state index in [1.165, 1.54) is 18.3 Å². The van der Waals surface area contributed by atoms with Gasteiger partial charge in [0.2, 0.25) is 0 Å². The van der Waals surface area contributed by atoms with Crippen LogP contribution >= 0.6 is 0 Å². The summed E-state index contributed by atoms with van der Waals surface area (Å²) in [6, 6.07) is 6.29. The summed E-state index contributed by atoms with van der Waals surface area (Å²) < 4.78 is 12.9. The summed E-state index contributed by atoms with van der Waals surface area (Å²) in [6.45, 7) is 1.83. The number of carbonyl (C=O) groups is 1. The first-order valence-electron chi connectivity index (χ1n) is 4.87. The molecule has 0 radical (unpaired) electrons. The molecule has 0 aliphatic rings. The van der Waals surface area contributed by atoms with Crippen LogP contribution in [0.15, 0.2) is 36.7 Å². The Labute approximate surface area is 92.8 Å². The molecule has 0 unspecified atom stereocenters. The van der Waals surface area contributed by atoms with Crippen molar-refractivity contribution in [3.8, 4) is 11.1 Å². The molecule has 0 spiro atoms. The summed E-state index contributed by atoms with van der Waals surface area (Å²) in [6.07, 6.45) is 3.90. The molecule has 2 aromatic rings. The predicted molar refractivity (Wildman–Crippen MR) is 59.8 cm³/mol. The molecule has 2 nitrogen and oxygen atoms in total. The minimum absolute atomic E-state index is 0.263. The van der Waals surface area contributed by atoms with Gasteiger partial charge in [-0.15, -0.1) is 0 Å². The Morgan fingerprint density at radius 3 is 2.75 bits per heavy atom. The van der Waals surface area contributed by atoms with Crippen LogP contribution in [0.1, 0.15) is 15.9 Å². The molecular weight excluding hydrogens is 205 g/mol. The quantitative estimate of drug-likeness (QED) is 0.721. The zero-order valence-electron chi connectivity index (χ0n) is 8.77. The fourth-order valence-corrected chi connectivity index (χ4v) is 1.62. The highest BCUT2D eigenvalue weighted by Crippen LogP contribution is 2.23. The molecule has 0 amide bonds. The molecule has 80 valence electrons. The molecule has 0 aliphatic carbocycles. The first-order valence-corrected chi connectivity index (χ1v) is 4.87. The highest BCUT2D eigenvalue weighted by molar-refractivity contribution is 5.78. The number of hydrogen-bond acceptors (Lipinski definition) is 2. The highest BCUT2D eigenvalue weighted by atomic mass is 19.1. The van der Waals surface area contributed by atoms with E-state index >= 15 is 0 Å². The van der Waals surface area contributed by atoms with Gasteiger partial charge >= 0.3 is 0 Å². The molecule has 2 rings (SSSR count). The van der Waals surface area contributed by atoms with Gasteiger partial charge in [0, 0.05) is 23.5 Å². The van der Waals surface area contributed by atoms with Gasteiger partial charge in [0.25, 0.3) is 0 Å². The molecule has 0 aliphatic heterocycles. The van der Waals surface area contributed by atoms with E-state index < -0.39 is 0 Å². The van der Waals surface area contributed by atoms with E-state index in [1.54, 1.807) is 18.3 Å². The van der Waals surface area contributed by atoms with Gasteiger partial charge in [-0.1, -0.05) is 6.07 Å². The number of aryl methyl sites for hydroxylation is 1. The van der Waals surface area contributed by atoms with Crippen LogP contribution in [0.3, 0.4) is 0 Å². The van der Waals surface area contributed by atoms with Crippen molar-refractivity contribution in [1.82, 2.24) is 4.98 Å². The number of aromatic nitrogens is 1. The number of rotatable bonds is 2. The van der Waals surface area contributed by atoms with Crippen molar-refractivity contribution in [1.29, 1.82) is 0 Å². The summed E-state index contributed by atoms with van der Waals surface area (Å²) in [5.74, 6) is -0.263. The molecule has 0 N–H and O–H groups in total. The molecule has 0 saturated carbocycles. The van der Waals surface area contributed by atoms with Gasteiger partial charge in [-0.25, -0.2) is 4.39 Å². The van der Waals surface area contributed by atoms with Gasteiger partial charge in [-0.2, -0.15) is 0 Å². The molecule has 1 heterocycles. The normalized spacial score (nSPS) is 10.1. The van der Waals surface area contributed by atoms with Gasteiger partial charge in [-0.05, 0) is 36.2 Å². The minimum Gasteiger partial charge on any atom is -0.298 e. The molecule has 0 saturated heterocycles. The zero-order valence-corrected chi connectivity index (χ0v) is 8.77. The summed E-state index contributed by atoms with van der Waals surface area (Å²) in [7, 11) is 0. The number of nitrogens with zero attached hydrogens (tertiary/aromatic N) is 1. The summed E-state index contributed by atoms with van der Waals surface area (Å²) in [5, 5.41) is 0. The lowest BCUT2D eigenvalue weighted by Crippen LogP contribution is -1.89. The number of benzene rings is 1. The summed E-state index contributed by atoms with van der Waals surface area (Å²) >= 11 is 0. The largest absolute Gasteiger partial charge is 0.298 e. The number of hydrogen-bond donors (Lipinski definition) is 0. The minimum atomic E-state index is -0.263. The highest BCUT2D eigenvalue weighted by Gasteiger charge is 2.04. The lowest BCUT2D eigenvalue weighted by atomic mass is 10.0. The van der Waals surface area contributed by atoms with E-state index in [4.69, 9.17) is 0 Å². The van der Waals surface area contributed by atoms with Gasteiger partial charge in [-0.3, -0.25) is 9.78 Å². The molecular formula is C13H10FNO. The Morgan fingerprint density at radius 2 is 2.06 bits per heavy atom. The van der Waals surface area contributed by atoms with Crippen LogP contribution in [0.5, 0.6) is 0 Å². The van der Waals surface area contributed by atoms with Crippen LogP contribution in [-0.4, -0.2) is 11.3 Å². The molecule has 0 atom stereocenters. The fourth-order valence-electron chi connectivity index (χ4n) is 1.62. The first kappa shape index (κ1) is 10.5. The monoisotopic (exact) mass is 215 g/mol. The number of pyridine rings is 1. The maximum absolute atomic E-state index is 12.9. The molecule has 16 heavy (non-hydrogen) atoms. The Hall–Kier alpha value is -2.03. The summed E-state index contributed by atoms with van der Waals surface area (Å²) in [5.41, 5.74) is 3.05. The van der Waals surface area contributed by atoms with Crippen LogP contribution in [0, 0.1) is 12.7 Å². The Kier molecular flexibility index (Phi) is 2.77. The zero-order chi connectivity index (χ0) is 11.5. The topological polar surface area (TPSA) is 30.0 Å². The van der Waals surface area contributed by atoms with E-state index in [1.807, 2.05) is 6.92 Å². The van der Waals surface area contributed by atoms with Gasteiger partial charge in [0.15, 0.2) is 6.29 Å². The van der Waals surface area contributed by atoms with Crippen LogP contribution in [0.25, 0.3) is 11.1 Å². The van der Waals surface area contributed by atoms with Gasteiger partial charge < -0.3 is 0 Å². The van der Waals surface area contributed by atoms with Crippen molar-refractivity contribution in [2.75, 3.05) is 0 Å². The van der Waals surface area contributed by atoms with Crippen molar-refractivity contribution < 1.29 is 9.18 Å². The molecule has 1 aromatic heterocycles.